The molecule has 3 aromatic carbocycles. The minimum atomic E-state index is -4.27. The van der Waals surface area contributed by atoms with Gasteiger partial charge in [-0.25, -0.2) is 12.8 Å². The molecule has 2 amide bonds. The molecule has 214 valence electrons. The summed E-state index contributed by atoms with van der Waals surface area (Å²) < 4.78 is 48.5. The van der Waals surface area contributed by atoms with E-state index in [-0.39, 0.29) is 33.8 Å². The van der Waals surface area contributed by atoms with Crippen molar-refractivity contribution in [3.05, 3.63) is 88.7 Å². The van der Waals surface area contributed by atoms with Crippen LogP contribution in [0.25, 0.3) is 0 Å². The predicted octanol–water partition coefficient (Wildman–Crippen LogP) is 4.93. The average Bonchev–Trinajstić information content (AvgIpc) is 2.90. The molecule has 0 aliphatic heterocycles. The highest BCUT2D eigenvalue weighted by Gasteiger charge is 2.33. The minimum Gasteiger partial charge on any atom is -0.495 e. The SMILES string of the molecule is COc1ccc(N(CC(=O)N(Cc2ccccc2F)[C@@H](C)C(=O)NC(C)C)S(=O)(=O)c2ccc(C)cc2)cc1Cl. The second-order valence-electron chi connectivity index (χ2n) is 9.60. The Morgan fingerprint density at radius 1 is 1.02 bits per heavy atom. The van der Waals surface area contributed by atoms with Gasteiger partial charge >= 0.3 is 0 Å². The van der Waals surface area contributed by atoms with Crippen molar-refractivity contribution >= 4 is 39.1 Å². The fraction of sp³-hybridized carbons (Fsp3) is 0.310. The summed E-state index contributed by atoms with van der Waals surface area (Å²) in [5, 5.41) is 2.90. The van der Waals surface area contributed by atoms with Crippen LogP contribution in [-0.4, -0.2) is 50.9 Å². The summed E-state index contributed by atoms with van der Waals surface area (Å²) in [4.78, 5) is 27.9. The molecule has 0 saturated heterocycles. The van der Waals surface area contributed by atoms with Gasteiger partial charge in [0.25, 0.3) is 10.0 Å². The van der Waals surface area contributed by atoms with Crippen molar-refractivity contribution in [1.82, 2.24) is 10.2 Å². The molecule has 0 radical (unpaired) electrons. The molecule has 0 spiro atoms. The first-order valence-corrected chi connectivity index (χ1v) is 14.4. The van der Waals surface area contributed by atoms with E-state index in [1.807, 2.05) is 6.92 Å². The summed E-state index contributed by atoms with van der Waals surface area (Å²) in [6, 6.07) is 15.2. The fourth-order valence-corrected chi connectivity index (χ4v) is 5.63. The summed E-state index contributed by atoms with van der Waals surface area (Å²) in [5.74, 6) is -1.40. The number of rotatable bonds is 11. The zero-order valence-electron chi connectivity index (χ0n) is 23.0. The maximum atomic E-state index is 14.6. The average molecular weight is 590 g/mol. The standard InChI is InChI=1S/C29H33ClFN3O5S/c1-19(2)32-29(36)21(4)33(17-22-8-6-7-9-26(22)31)28(35)18-34(23-12-15-27(39-5)25(30)16-23)40(37,38)24-13-10-20(3)11-14-24/h6-16,19,21H,17-18H2,1-5H3,(H,32,36)/t21-/m0/s1. The van der Waals surface area contributed by atoms with Gasteiger partial charge < -0.3 is 15.0 Å². The van der Waals surface area contributed by atoms with E-state index in [9.17, 15) is 22.4 Å². The molecular formula is C29H33ClFN3O5S. The third-order valence-corrected chi connectivity index (χ3v) is 8.29. The highest BCUT2D eigenvalue weighted by atomic mass is 35.5. The quantitative estimate of drug-likeness (QED) is 0.342. The first-order chi connectivity index (χ1) is 18.8. The largest absolute Gasteiger partial charge is 0.495 e. The van der Waals surface area contributed by atoms with E-state index in [1.54, 1.807) is 32.0 Å². The topological polar surface area (TPSA) is 96.0 Å². The van der Waals surface area contributed by atoms with Crippen LogP contribution in [0.4, 0.5) is 10.1 Å². The van der Waals surface area contributed by atoms with Crippen LogP contribution in [0.3, 0.4) is 0 Å². The Balaban J connectivity index is 2.08. The van der Waals surface area contributed by atoms with Crippen molar-refractivity contribution in [1.29, 1.82) is 0 Å². The van der Waals surface area contributed by atoms with E-state index in [4.69, 9.17) is 16.3 Å². The third kappa shape index (κ3) is 7.31. The van der Waals surface area contributed by atoms with Gasteiger partial charge in [0.1, 0.15) is 24.2 Å². The number of carbonyl (C=O) groups is 2. The number of nitrogens with zero attached hydrogens (tertiary/aromatic N) is 2. The lowest BCUT2D eigenvalue weighted by atomic mass is 10.1. The number of halogens is 2. The minimum absolute atomic E-state index is 0.0379. The lowest BCUT2D eigenvalue weighted by Gasteiger charge is -2.32. The highest BCUT2D eigenvalue weighted by molar-refractivity contribution is 7.92. The molecule has 40 heavy (non-hydrogen) atoms. The lowest BCUT2D eigenvalue weighted by Crippen LogP contribution is -2.52. The highest BCUT2D eigenvalue weighted by Crippen LogP contribution is 2.32. The van der Waals surface area contributed by atoms with Crippen LogP contribution in [0.15, 0.2) is 71.6 Å². The summed E-state index contributed by atoms with van der Waals surface area (Å²) in [7, 11) is -2.84. The lowest BCUT2D eigenvalue weighted by molar-refractivity contribution is -0.139. The number of anilines is 1. The summed E-state index contributed by atoms with van der Waals surface area (Å²) in [5.41, 5.74) is 1.15. The van der Waals surface area contributed by atoms with Gasteiger partial charge in [-0.2, -0.15) is 0 Å². The van der Waals surface area contributed by atoms with Crippen LogP contribution in [0, 0.1) is 12.7 Å². The zero-order valence-corrected chi connectivity index (χ0v) is 24.6. The van der Waals surface area contributed by atoms with Crippen molar-refractivity contribution in [2.45, 2.75) is 51.2 Å². The number of ether oxygens (including phenoxy) is 1. The maximum Gasteiger partial charge on any atom is 0.264 e. The molecule has 8 nitrogen and oxygen atoms in total. The number of aryl methyl sites for hydroxylation is 1. The first kappa shape index (κ1) is 30.9. The van der Waals surface area contributed by atoms with Gasteiger partial charge in [-0.15, -0.1) is 0 Å². The summed E-state index contributed by atoms with van der Waals surface area (Å²) in [6.45, 7) is 5.96. The molecule has 0 bridgehead atoms. The second kappa shape index (κ2) is 13.1. The number of nitrogens with one attached hydrogen (secondary N) is 1. The number of benzene rings is 3. The van der Waals surface area contributed by atoms with Crippen LogP contribution >= 0.6 is 11.6 Å². The molecule has 3 aromatic rings. The van der Waals surface area contributed by atoms with Crippen LogP contribution in [-0.2, 0) is 26.2 Å². The first-order valence-electron chi connectivity index (χ1n) is 12.6. The van der Waals surface area contributed by atoms with Gasteiger partial charge in [0, 0.05) is 18.2 Å². The van der Waals surface area contributed by atoms with E-state index in [2.05, 4.69) is 5.32 Å². The molecule has 0 aromatic heterocycles. The van der Waals surface area contributed by atoms with Crippen molar-refractivity contribution in [3.8, 4) is 5.75 Å². The Morgan fingerprint density at radius 2 is 1.68 bits per heavy atom. The normalized spacial score (nSPS) is 12.1. The molecule has 1 atom stereocenters. The van der Waals surface area contributed by atoms with Gasteiger partial charge in [0.15, 0.2) is 0 Å². The van der Waals surface area contributed by atoms with E-state index in [1.165, 1.54) is 67.5 Å². The van der Waals surface area contributed by atoms with Crippen molar-refractivity contribution in [3.63, 3.8) is 0 Å². The number of hydrogen-bond donors (Lipinski definition) is 1. The molecule has 3 rings (SSSR count). The summed E-state index contributed by atoms with van der Waals surface area (Å²) >= 11 is 6.32. The Morgan fingerprint density at radius 3 is 2.25 bits per heavy atom. The molecular weight excluding hydrogens is 557 g/mol. The van der Waals surface area contributed by atoms with Crippen LogP contribution in [0.5, 0.6) is 5.75 Å². The molecule has 0 heterocycles. The number of carbonyl (C=O) groups excluding carboxylic acids is 2. The summed E-state index contributed by atoms with van der Waals surface area (Å²) in [6.07, 6.45) is 0. The zero-order chi connectivity index (χ0) is 29.6. The van der Waals surface area contributed by atoms with Gasteiger partial charge in [-0.3, -0.25) is 13.9 Å². The Kier molecular flexibility index (Phi) is 10.2. The third-order valence-electron chi connectivity index (χ3n) is 6.21. The molecule has 0 aliphatic carbocycles. The Labute approximate surface area is 239 Å². The number of amides is 2. The van der Waals surface area contributed by atoms with Gasteiger partial charge in [0.05, 0.1) is 22.7 Å². The van der Waals surface area contributed by atoms with E-state index in [0.29, 0.717) is 5.75 Å². The van der Waals surface area contributed by atoms with Crippen molar-refractivity contribution < 1.29 is 27.1 Å². The molecule has 0 saturated carbocycles. The Hall–Kier alpha value is -3.63. The predicted molar refractivity (Wildman–Crippen MR) is 153 cm³/mol. The molecule has 1 N–H and O–H groups in total. The number of sulfonamides is 1. The maximum absolute atomic E-state index is 14.6. The van der Waals surface area contributed by atoms with Crippen LogP contribution < -0.4 is 14.4 Å². The Bertz CT molecular complexity index is 1460. The smallest absolute Gasteiger partial charge is 0.264 e. The number of hydrogen-bond acceptors (Lipinski definition) is 5. The molecule has 0 aliphatic rings. The second-order valence-corrected chi connectivity index (χ2v) is 11.9. The van der Waals surface area contributed by atoms with Gasteiger partial charge in [0.2, 0.25) is 11.8 Å². The molecule has 0 unspecified atom stereocenters. The van der Waals surface area contributed by atoms with Crippen LogP contribution in [0.2, 0.25) is 5.02 Å². The van der Waals surface area contributed by atoms with Crippen LogP contribution in [0.1, 0.15) is 31.9 Å². The fourth-order valence-electron chi connectivity index (χ4n) is 3.97. The monoisotopic (exact) mass is 589 g/mol. The van der Waals surface area contributed by atoms with Gasteiger partial charge in [-0.05, 0) is 64.1 Å². The molecule has 0 fully saturated rings. The molecule has 11 heteroatoms. The van der Waals surface area contributed by atoms with E-state index in [0.717, 1.165) is 9.87 Å². The van der Waals surface area contributed by atoms with Crippen molar-refractivity contribution in [2.24, 2.45) is 0 Å². The van der Waals surface area contributed by atoms with E-state index < -0.39 is 40.2 Å². The van der Waals surface area contributed by atoms with Crippen molar-refractivity contribution in [2.75, 3.05) is 18.0 Å². The van der Waals surface area contributed by atoms with Gasteiger partial charge in [-0.1, -0.05) is 47.5 Å². The van der Waals surface area contributed by atoms with E-state index >= 15 is 0 Å². The number of methoxy groups -OCH3 is 1.